The molecule has 6 heteroatoms. The summed E-state index contributed by atoms with van der Waals surface area (Å²) in [6, 6.07) is 5.41. The van der Waals surface area contributed by atoms with E-state index >= 15 is 0 Å². The van der Waals surface area contributed by atoms with Crippen molar-refractivity contribution in [3.63, 3.8) is 0 Å². The molecule has 1 rings (SSSR count). The van der Waals surface area contributed by atoms with Crippen LogP contribution in [0.2, 0.25) is 0 Å². The van der Waals surface area contributed by atoms with Gasteiger partial charge in [0.25, 0.3) is 0 Å². The van der Waals surface area contributed by atoms with Crippen LogP contribution in [0, 0.1) is 5.82 Å². The maximum Gasteiger partial charge on any atom is 0.212 e. The van der Waals surface area contributed by atoms with E-state index in [1.54, 1.807) is 19.1 Å². The molecule has 0 saturated carbocycles. The van der Waals surface area contributed by atoms with Gasteiger partial charge in [-0.25, -0.2) is 17.5 Å². The summed E-state index contributed by atoms with van der Waals surface area (Å²) in [6.45, 7) is 2.00. The molecule has 1 atom stereocenters. The van der Waals surface area contributed by atoms with E-state index in [9.17, 15) is 12.8 Å². The Labute approximate surface area is 101 Å². The van der Waals surface area contributed by atoms with E-state index in [1.165, 1.54) is 12.1 Å². The first-order valence-corrected chi connectivity index (χ1v) is 7.05. The summed E-state index contributed by atoms with van der Waals surface area (Å²) in [4.78, 5) is 0. The number of hydrogen-bond donors (Lipinski definition) is 2. The Kier molecular flexibility index (Phi) is 5.04. The summed E-state index contributed by atoms with van der Waals surface area (Å²) in [7, 11) is -3.36. The van der Waals surface area contributed by atoms with Crippen molar-refractivity contribution in [1.82, 2.24) is 4.72 Å². The van der Waals surface area contributed by atoms with Crippen LogP contribution in [0.15, 0.2) is 24.3 Å². The molecule has 0 radical (unpaired) electrons. The molecule has 4 nitrogen and oxygen atoms in total. The highest BCUT2D eigenvalue weighted by Crippen LogP contribution is 2.14. The molecule has 0 aliphatic carbocycles. The normalized spacial score (nSPS) is 13.6. The second-order valence-corrected chi connectivity index (χ2v) is 5.73. The lowest BCUT2D eigenvalue weighted by Gasteiger charge is -2.14. The Hall–Kier alpha value is -0.980. The smallest absolute Gasteiger partial charge is 0.212 e. The number of rotatable bonds is 6. The van der Waals surface area contributed by atoms with Crippen LogP contribution in [0.1, 0.15) is 24.9 Å². The van der Waals surface area contributed by atoms with Gasteiger partial charge in [-0.15, -0.1) is 0 Å². The first-order valence-electron chi connectivity index (χ1n) is 5.40. The molecule has 0 amide bonds. The van der Waals surface area contributed by atoms with Gasteiger partial charge in [-0.1, -0.05) is 12.1 Å². The molecule has 3 N–H and O–H groups in total. The van der Waals surface area contributed by atoms with Gasteiger partial charge in [0.2, 0.25) is 10.0 Å². The Bertz CT molecular complexity index is 462. The lowest BCUT2D eigenvalue weighted by molar-refractivity contribution is 0.562. The summed E-state index contributed by atoms with van der Waals surface area (Å²) in [5.41, 5.74) is 5.85. The molecule has 1 aromatic carbocycles. The Morgan fingerprint density at radius 3 is 2.76 bits per heavy atom. The van der Waals surface area contributed by atoms with Crippen molar-refractivity contribution in [1.29, 1.82) is 0 Å². The van der Waals surface area contributed by atoms with Crippen LogP contribution in [0.5, 0.6) is 0 Å². The third kappa shape index (κ3) is 4.80. The molecular formula is C11H17FN2O2S. The van der Waals surface area contributed by atoms with Crippen molar-refractivity contribution in [3.05, 3.63) is 35.6 Å². The van der Waals surface area contributed by atoms with Gasteiger partial charge < -0.3 is 5.73 Å². The lowest BCUT2D eigenvalue weighted by Crippen LogP contribution is -2.30. The minimum Gasteiger partial charge on any atom is -0.330 e. The molecule has 0 aliphatic heterocycles. The van der Waals surface area contributed by atoms with E-state index in [0.29, 0.717) is 18.5 Å². The zero-order chi connectivity index (χ0) is 12.9. The second-order valence-electron chi connectivity index (χ2n) is 3.86. The third-order valence-electron chi connectivity index (χ3n) is 2.32. The first-order chi connectivity index (χ1) is 7.94. The number of sulfonamides is 1. The number of halogens is 1. The van der Waals surface area contributed by atoms with Crippen molar-refractivity contribution in [3.8, 4) is 0 Å². The fourth-order valence-corrected chi connectivity index (χ4v) is 2.78. The van der Waals surface area contributed by atoms with E-state index in [2.05, 4.69) is 4.72 Å². The van der Waals surface area contributed by atoms with Crippen molar-refractivity contribution in [2.75, 3.05) is 12.3 Å². The van der Waals surface area contributed by atoms with Gasteiger partial charge >= 0.3 is 0 Å². The average molecular weight is 260 g/mol. The highest BCUT2D eigenvalue weighted by molar-refractivity contribution is 7.89. The van der Waals surface area contributed by atoms with E-state index in [-0.39, 0.29) is 11.6 Å². The maximum absolute atomic E-state index is 13.0. The molecule has 0 bridgehead atoms. The van der Waals surface area contributed by atoms with Crippen LogP contribution in [-0.4, -0.2) is 20.7 Å². The summed E-state index contributed by atoms with van der Waals surface area (Å²) in [6.07, 6.45) is 0.408. The molecule has 0 aliphatic rings. The monoisotopic (exact) mass is 260 g/mol. The predicted octanol–water partition coefficient (Wildman–Crippen LogP) is 1.15. The molecule has 1 aromatic rings. The maximum atomic E-state index is 13.0. The topological polar surface area (TPSA) is 72.2 Å². The van der Waals surface area contributed by atoms with E-state index in [4.69, 9.17) is 5.73 Å². The summed E-state index contributed by atoms with van der Waals surface area (Å²) in [5, 5.41) is 0. The van der Waals surface area contributed by atoms with Gasteiger partial charge in [0.05, 0.1) is 5.75 Å². The zero-order valence-electron chi connectivity index (χ0n) is 9.69. The summed E-state index contributed by atoms with van der Waals surface area (Å²) >= 11 is 0. The van der Waals surface area contributed by atoms with Crippen LogP contribution in [-0.2, 0) is 10.0 Å². The highest BCUT2D eigenvalue weighted by atomic mass is 32.2. The Morgan fingerprint density at radius 2 is 2.18 bits per heavy atom. The van der Waals surface area contributed by atoms with Crippen LogP contribution >= 0.6 is 0 Å². The SMILES string of the molecule is CC(NS(=O)(=O)CCCN)c1cccc(F)c1. The molecule has 1 unspecified atom stereocenters. The molecule has 0 saturated heterocycles. The minimum absolute atomic E-state index is 0.0108. The average Bonchev–Trinajstić information content (AvgIpc) is 2.26. The molecule has 0 spiro atoms. The minimum atomic E-state index is -3.36. The van der Waals surface area contributed by atoms with Crippen LogP contribution in [0.25, 0.3) is 0 Å². The van der Waals surface area contributed by atoms with E-state index in [0.717, 1.165) is 0 Å². The van der Waals surface area contributed by atoms with Crippen LogP contribution in [0.4, 0.5) is 4.39 Å². The molecular weight excluding hydrogens is 243 g/mol. The standard InChI is InChI=1S/C11H17FN2O2S/c1-9(10-4-2-5-11(12)8-10)14-17(15,16)7-3-6-13/h2,4-5,8-9,14H,3,6-7,13H2,1H3. The second kappa shape index (κ2) is 6.09. The number of hydrogen-bond acceptors (Lipinski definition) is 3. The lowest BCUT2D eigenvalue weighted by atomic mass is 10.1. The third-order valence-corrected chi connectivity index (χ3v) is 3.86. The van der Waals surface area contributed by atoms with Gasteiger partial charge in [0.1, 0.15) is 5.82 Å². The van der Waals surface area contributed by atoms with Crippen molar-refractivity contribution < 1.29 is 12.8 Å². The summed E-state index contributed by atoms with van der Waals surface area (Å²) < 4.78 is 38.6. The molecule has 0 heterocycles. The fraction of sp³-hybridized carbons (Fsp3) is 0.455. The molecule has 17 heavy (non-hydrogen) atoms. The zero-order valence-corrected chi connectivity index (χ0v) is 10.5. The fourth-order valence-electron chi connectivity index (χ4n) is 1.45. The van der Waals surface area contributed by atoms with Gasteiger partial charge in [-0.05, 0) is 37.6 Å². The predicted molar refractivity (Wildman–Crippen MR) is 65.4 cm³/mol. The molecule has 0 fully saturated rings. The Morgan fingerprint density at radius 1 is 1.47 bits per heavy atom. The molecule has 96 valence electrons. The largest absolute Gasteiger partial charge is 0.330 e. The first kappa shape index (κ1) is 14.1. The summed E-state index contributed by atoms with van der Waals surface area (Å²) in [5.74, 6) is -0.390. The van der Waals surface area contributed by atoms with E-state index < -0.39 is 16.1 Å². The number of nitrogens with one attached hydrogen (secondary N) is 1. The Balaban J connectivity index is 2.69. The van der Waals surface area contributed by atoms with Gasteiger partial charge in [0.15, 0.2) is 0 Å². The van der Waals surface area contributed by atoms with Crippen molar-refractivity contribution >= 4 is 10.0 Å². The van der Waals surface area contributed by atoms with Crippen LogP contribution < -0.4 is 10.5 Å². The van der Waals surface area contributed by atoms with Gasteiger partial charge in [0, 0.05) is 6.04 Å². The van der Waals surface area contributed by atoms with Crippen molar-refractivity contribution in [2.24, 2.45) is 5.73 Å². The molecule has 0 aromatic heterocycles. The number of benzene rings is 1. The number of nitrogens with two attached hydrogens (primary N) is 1. The highest BCUT2D eigenvalue weighted by Gasteiger charge is 2.15. The van der Waals surface area contributed by atoms with Crippen LogP contribution in [0.3, 0.4) is 0 Å². The van der Waals surface area contributed by atoms with Gasteiger partial charge in [-0.3, -0.25) is 0 Å². The van der Waals surface area contributed by atoms with E-state index in [1.807, 2.05) is 0 Å². The quantitative estimate of drug-likeness (QED) is 0.806. The van der Waals surface area contributed by atoms with Gasteiger partial charge in [-0.2, -0.15) is 0 Å². The van der Waals surface area contributed by atoms with Crippen molar-refractivity contribution in [2.45, 2.75) is 19.4 Å².